The normalized spacial score (nSPS) is 11.8. The molecule has 4 nitrogen and oxygen atoms in total. The number of ether oxygens (including phenoxy) is 1. The zero-order chi connectivity index (χ0) is 18.4. The molecule has 0 saturated carbocycles. The summed E-state index contributed by atoms with van der Waals surface area (Å²) in [5.74, 6) is -0.748. The molecule has 0 unspecified atom stereocenters. The molecule has 1 atom stereocenters. The molecule has 5 heteroatoms. The van der Waals surface area contributed by atoms with Gasteiger partial charge >= 0.3 is 0 Å². The lowest BCUT2D eigenvalue weighted by Gasteiger charge is -2.14. The molecule has 25 heavy (non-hydrogen) atoms. The van der Waals surface area contributed by atoms with E-state index in [4.69, 9.17) is 4.74 Å². The topological polar surface area (TPSA) is 55.4 Å². The second kappa shape index (κ2) is 8.53. The van der Waals surface area contributed by atoms with Crippen LogP contribution in [0.2, 0.25) is 0 Å². The third-order valence-corrected chi connectivity index (χ3v) is 4.10. The van der Waals surface area contributed by atoms with Crippen molar-refractivity contribution in [1.29, 1.82) is 0 Å². The third kappa shape index (κ3) is 4.73. The predicted octanol–water partition coefficient (Wildman–Crippen LogP) is 3.85. The Morgan fingerprint density at radius 3 is 2.40 bits per heavy atom. The van der Waals surface area contributed by atoms with Gasteiger partial charge in [0.05, 0.1) is 6.10 Å². The minimum absolute atomic E-state index is 0.0198. The Morgan fingerprint density at radius 2 is 1.84 bits per heavy atom. The van der Waals surface area contributed by atoms with Crippen LogP contribution in [-0.4, -0.2) is 31.4 Å². The summed E-state index contributed by atoms with van der Waals surface area (Å²) in [7, 11) is 1.61. The van der Waals surface area contributed by atoms with E-state index in [1.54, 1.807) is 31.4 Å². The first-order valence-corrected chi connectivity index (χ1v) is 8.18. The highest BCUT2D eigenvalue weighted by molar-refractivity contribution is 6.01. The van der Waals surface area contributed by atoms with Crippen molar-refractivity contribution in [2.24, 2.45) is 0 Å². The summed E-state index contributed by atoms with van der Waals surface area (Å²) < 4.78 is 18.8. The number of methoxy groups -OCH3 is 1. The Balaban J connectivity index is 2.19. The van der Waals surface area contributed by atoms with Crippen LogP contribution in [0.4, 0.5) is 4.39 Å². The van der Waals surface area contributed by atoms with Gasteiger partial charge in [0.2, 0.25) is 0 Å². The van der Waals surface area contributed by atoms with Gasteiger partial charge in [-0.25, -0.2) is 4.39 Å². The lowest BCUT2D eigenvalue weighted by molar-refractivity contribution is 0.0815. The number of amides is 1. The smallest absolute Gasteiger partial charge is 0.251 e. The van der Waals surface area contributed by atoms with Crippen LogP contribution < -0.4 is 5.32 Å². The number of Topliss-reactive ketones (excluding diaryl/α,β-unsaturated/α-hetero) is 1. The summed E-state index contributed by atoms with van der Waals surface area (Å²) in [6, 6.07) is 10.8. The maximum absolute atomic E-state index is 13.6. The minimum Gasteiger partial charge on any atom is -0.380 e. The van der Waals surface area contributed by atoms with Crippen LogP contribution in [0.1, 0.15) is 41.0 Å². The molecule has 2 aromatic carbocycles. The molecule has 0 aliphatic heterocycles. The number of carbonyl (C=O) groups excluding carboxylic acids is 2. The van der Waals surface area contributed by atoms with Gasteiger partial charge in [0, 0.05) is 24.8 Å². The Kier molecular flexibility index (Phi) is 6.42. The average Bonchev–Trinajstić information content (AvgIpc) is 2.62. The number of hydrogen-bond donors (Lipinski definition) is 1. The molecule has 2 aromatic rings. The molecular weight excluding hydrogens is 321 g/mol. The van der Waals surface area contributed by atoms with Crippen LogP contribution in [-0.2, 0) is 4.74 Å². The van der Waals surface area contributed by atoms with Crippen LogP contribution in [0.3, 0.4) is 0 Å². The van der Waals surface area contributed by atoms with Crippen molar-refractivity contribution in [3.05, 3.63) is 59.4 Å². The Hall–Kier alpha value is -2.53. The van der Waals surface area contributed by atoms with E-state index in [-0.39, 0.29) is 17.8 Å². The van der Waals surface area contributed by atoms with Gasteiger partial charge in [-0.15, -0.1) is 0 Å². The molecule has 0 spiro atoms. The highest BCUT2D eigenvalue weighted by atomic mass is 19.1. The van der Waals surface area contributed by atoms with E-state index in [1.165, 1.54) is 25.1 Å². The van der Waals surface area contributed by atoms with Gasteiger partial charge in [0.15, 0.2) is 5.78 Å². The fourth-order valence-electron chi connectivity index (χ4n) is 2.57. The van der Waals surface area contributed by atoms with Crippen molar-refractivity contribution < 1.29 is 18.7 Å². The Morgan fingerprint density at radius 1 is 1.16 bits per heavy atom. The van der Waals surface area contributed by atoms with E-state index in [2.05, 4.69) is 5.32 Å². The SMILES string of the molecule is CC[C@H](CNC(=O)c1ccc(-c2cc(F)ccc2C(C)=O)cc1)OC. The fraction of sp³-hybridized carbons (Fsp3) is 0.300. The van der Waals surface area contributed by atoms with Crippen molar-refractivity contribution >= 4 is 11.7 Å². The molecule has 0 aliphatic carbocycles. The maximum Gasteiger partial charge on any atom is 0.251 e. The van der Waals surface area contributed by atoms with E-state index in [1.807, 2.05) is 6.92 Å². The molecule has 0 aliphatic rings. The van der Waals surface area contributed by atoms with Crippen LogP contribution in [0, 0.1) is 5.82 Å². The van der Waals surface area contributed by atoms with Crippen LogP contribution >= 0.6 is 0 Å². The van der Waals surface area contributed by atoms with E-state index in [0.29, 0.717) is 28.8 Å². The van der Waals surface area contributed by atoms with E-state index in [0.717, 1.165) is 6.42 Å². The molecule has 0 bridgehead atoms. The molecular formula is C20H22FNO3. The first-order chi connectivity index (χ1) is 12.0. The van der Waals surface area contributed by atoms with E-state index >= 15 is 0 Å². The fourth-order valence-corrected chi connectivity index (χ4v) is 2.57. The van der Waals surface area contributed by atoms with Crippen LogP contribution in [0.15, 0.2) is 42.5 Å². The van der Waals surface area contributed by atoms with Gasteiger partial charge in [0.25, 0.3) is 5.91 Å². The summed E-state index contributed by atoms with van der Waals surface area (Å²) >= 11 is 0. The Labute approximate surface area is 147 Å². The lowest BCUT2D eigenvalue weighted by atomic mass is 9.96. The number of halogens is 1. The summed E-state index contributed by atoms with van der Waals surface area (Å²) in [4.78, 5) is 23.9. The van der Waals surface area contributed by atoms with Crippen molar-refractivity contribution in [1.82, 2.24) is 5.32 Å². The van der Waals surface area contributed by atoms with Gasteiger partial charge in [0.1, 0.15) is 5.82 Å². The standard InChI is InChI=1S/C20H22FNO3/c1-4-17(25-3)12-22-20(24)15-7-5-14(6-8-15)19-11-16(21)9-10-18(19)13(2)23/h5-11,17H,4,12H2,1-3H3,(H,22,24)/t17-/m1/s1. The molecule has 0 radical (unpaired) electrons. The first-order valence-electron chi connectivity index (χ1n) is 8.18. The van der Waals surface area contributed by atoms with Gasteiger partial charge in [-0.05, 0) is 54.8 Å². The number of rotatable bonds is 7. The van der Waals surface area contributed by atoms with Crippen molar-refractivity contribution in [3.8, 4) is 11.1 Å². The number of hydrogen-bond acceptors (Lipinski definition) is 3. The number of nitrogens with one attached hydrogen (secondary N) is 1. The zero-order valence-corrected chi connectivity index (χ0v) is 14.6. The molecule has 0 aromatic heterocycles. The monoisotopic (exact) mass is 343 g/mol. The lowest BCUT2D eigenvalue weighted by Crippen LogP contribution is -2.32. The van der Waals surface area contributed by atoms with Crippen molar-refractivity contribution in [2.75, 3.05) is 13.7 Å². The molecule has 0 heterocycles. The second-order valence-electron chi connectivity index (χ2n) is 5.80. The Bertz CT molecular complexity index is 752. The van der Waals surface area contributed by atoms with Gasteiger partial charge in [-0.3, -0.25) is 9.59 Å². The highest BCUT2D eigenvalue weighted by Crippen LogP contribution is 2.25. The molecule has 0 fully saturated rings. The average molecular weight is 343 g/mol. The molecule has 1 N–H and O–H groups in total. The minimum atomic E-state index is -0.410. The predicted molar refractivity (Wildman–Crippen MR) is 95.3 cm³/mol. The third-order valence-electron chi connectivity index (χ3n) is 4.10. The largest absolute Gasteiger partial charge is 0.380 e. The number of carbonyl (C=O) groups is 2. The van der Waals surface area contributed by atoms with Gasteiger partial charge in [-0.2, -0.15) is 0 Å². The van der Waals surface area contributed by atoms with E-state index < -0.39 is 5.82 Å². The quantitative estimate of drug-likeness (QED) is 0.777. The molecule has 132 valence electrons. The molecule has 2 rings (SSSR count). The number of ketones is 1. The van der Waals surface area contributed by atoms with E-state index in [9.17, 15) is 14.0 Å². The van der Waals surface area contributed by atoms with Crippen molar-refractivity contribution in [2.45, 2.75) is 26.4 Å². The summed E-state index contributed by atoms with van der Waals surface area (Å²) in [5.41, 5.74) is 2.15. The summed E-state index contributed by atoms with van der Waals surface area (Å²) in [6.07, 6.45) is 0.789. The maximum atomic E-state index is 13.6. The van der Waals surface area contributed by atoms with Crippen molar-refractivity contribution in [3.63, 3.8) is 0 Å². The van der Waals surface area contributed by atoms with Gasteiger partial charge < -0.3 is 10.1 Å². The van der Waals surface area contributed by atoms with Gasteiger partial charge in [-0.1, -0.05) is 19.1 Å². The van der Waals surface area contributed by atoms with Crippen LogP contribution in [0.25, 0.3) is 11.1 Å². The summed E-state index contributed by atoms with van der Waals surface area (Å²) in [5, 5.41) is 2.82. The zero-order valence-electron chi connectivity index (χ0n) is 14.6. The molecule has 1 amide bonds. The first kappa shape index (κ1) is 18.8. The highest BCUT2D eigenvalue weighted by Gasteiger charge is 2.13. The number of benzene rings is 2. The summed E-state index contributed by atoms with van der Waals surface area (Å²) in [6.45, 7) is 3.87. The van der Waals surface area contributed by atoms with Crippen LogP contribution in [0.5, 0.6) is 0 Å². The second-order valence-corrected chi connectivity index (χ2v) is 5.80. The molecule has 0 saturated heterocycles.